The minimum absolute atomic E-state index is 0.100. The van der Waals surface area contributed by atoms with Crippen LogP contribution >= 0.6 is 0 Å². The standard InChI is InChI=1S/C59H102O6/c1-4-7-10-13-16-19-22-25-27-29-31-34-37-40-43-46-49-52-58(61)64-55-56(54-63-57(60)51-48-45-42-39-36-33-24-21-18-15-12-9-6-3)65-59(62)53-50-47-44-41-38-35-32-30-28-26-23-20-17-14-11-8-5-2/h9,12,15,18,21,24-25,27,31,34,40,43,56H,4-8,10-11,13-14,16-17,19-20,22-23,26,28-30,32-33,35-39,41-42,44-55H2,1-3H3/b12-9-,18-15-,24-21-,27-25-,34-31-,43-40-. The van der Waals surface area contributed by atoms with Crippen molar-refractivity contribution in [2.24, 2.45) is 0 Å². The van der Waals surface area contributed by atoms with E-state index >= 15 is 0 Å². The van der Waals surface area contributed by atoms with E-state index in [2.05, 4.69) is 93.7 Å². The van der Waals surface area contributed by atoms with E-state index in [0.29, 0.717) is 19.3 Å². The summed E-state index contributed by atoms with van der Waals surface area (Å²) in [5, 5.41) is 0. The maximum atomic E-state index is 12.8. The molecular weight excluding hydrogens is 805 g/mol. The molecule has 0 heterocycles. The summed E-state index contributed by atoms with van der Waals surface area (Å²) in [4.78, 5) is 38.0. The number of unbranched alkanes of at least 4 members (excludes halogenated alkanes) is 28. The van der Waals surface area contributed by atoms with E-state index in [1.54, 1.807) is 0 Å². The van der Waals surface area contributed by atoms with E-state index in [9.17, 15) is 14.4 Å². The van der Waals surface area contributed by atoms with E-state index in [1.165, 1.54) is 135 Å². The van der Waals surface area contributed by atoms with Crippen molar-refractivity contribution in [3.63, 3.8) is 0 Å². The molecule has 0 aliphatic carbocycles. The van der Waals surface area contributed by atoms with E-state index in [1.807, 2.05) is 0 Å². The van der Waals surface area contributed by atoms with E-state index in [-0.39, 0.29) is 37.5 Å². The van der Waals surface area contributed by atoms with Gasteiger partial charge in [-0.25, -0.2) is 0 Å². The van der Waals surface area contributed by atoms with Crippen LogP contribution in [0.3, 0.4) is 0 Å². The van der Waals surface area contributed by atoms with Crippen LogP contribution in [0.1, 0.15) is 265 Å². The van der Waals surface area contributed by atoms with Gasteiger partial charge in [-0.3, -0.25) is 14.4 Å². The zero-order valence-electron chi connectivity index (χ0n) is 42.7. The number of hydrogen-bond acceptors (Lipinski definition) is 6. The summed E-state index contributed by atoms with van der Waals surface area (Å²) >= 11 is 0. The molecule has 1 atom stereocenters. The Balaban J connectivity index is 4.45. The fraction of sp³-hybridized carbons (Fsp3) is 0.746. The van der Waals surface area contributed by atoms with Gasteiger partial charge in [-0.1, -0.05) is 248 Å². The maximum absolute atomic E-state index is 12.8. The maximum Gasteiger partial charge on any atom is 0.306 e. The van der Waals surface area contributed by atoms with Crippen molar-refractivity contribution >= 4 is 17.9 Å². The average molecular weight is 907 g/mol. The third-order valence-corrected chi connectivity index (χ3v) is 11.8. The monoisotopic (exact) mass is 907 g/mol. The fourth-order valence-corrected chi connectivity index (χ4v) is 7.64. The quantitative estimate of drug-likeness (QED) is 0.0199. The molecule has 6 heteroatoms. The van der Waals surface area contributed by atoms with Crippen molar-refractivity contribution in [2.75, 3.05) is 13.2 Å². The SMILES string of the molecule is CC\C=C/C=C\C=C/CCCCCCCC(=O)OCC(COC(=O)CCC/C=C\C/C=C\C/C=C\CCCCCCCC)OC(=O)CCCCCCCCCCCCCCCCCCC. The van der Waals surface area contributed by atoms with Gasteiger partial charge < -0.3 is 14.2 Å². The lowest BCUT2D eigenvalue weighted by Gasteiger charge is -2.18. The summed E-state index contributed by atoms with van der Waals surface area (Å²) in [6, 6.07) is 0. The van der Waals surface area contributed by atoms with Crippen LogP contribution in [-0.4, -0.2) is 37.2 Å². The summed E-state index contributed by atoms with van der Waals surface area (Å²) in [7, 11) is 0. The number of carbonyl (C=O) groups is 3. The topological polar surface area (TPSA) is 78.9 Å². The second-order valence-electron chi connectivity index (χ2n) is 18.2. The highest BCUT2D eigenvalue weighted by molar-refractivity contribution is 5.71. The Hall–Kier alpha value is -3.15. The molecule has 0 aromatic carbocycles. The predicted octanol–water partition coefficient (Wildman–Crippen LogP) is 18.2. The normalized spacial score (nSPS) is 12.6. The molecule has 0 fully saturated rings. The van der Waals surface area contributed by atoms with Crippen LogP contribution in [0.15, 0.2) is 72.9 Å². The van der Waals surface area contributed by atoms with Crippen LogP contribution in [0.25, 0.3) is 0 Å². The van der Waals surface area contributed by atoms with Crippen LogP contribution in [0.4, 0.5) is 0 Å². The Morgan fingerprint density at radius 3 is 1.12 bits per heavy atom. The lowest BCUT2D eigenvalue weighted by molar-refractivity contribution is -0.167. The van der Waals surface area contributed by atoms with E-state index in [0.717, 1.165) is 83.5 Å². The second kappa shape index (κ2) is 53.5. The van der Waals surface area contributed by atoms with Crippen molar-refractivity contribution in [2.45, 2.75) is 271 Å². The number of hydrogen-bond donors (Lipinski definition) is 0. The Morgan fingerprint density at radius 1 is 0.338 bits per heavy atom. The van der Waals surface area contributed by atoms with Crippen molar-refractivity contribution in [1.29, 1.82) is 0 Å². The Morgan fingerprint density at radius 2 is 0.677 bits per heavy atom. The van der Waals surface area contributed by atoms with Gasteiger partial charge in [-0.15, -0.1) is 0 Å². The van der Waals surface area contributed by atoms with Crippen molar-refractivity contribution < 1.29 is 28.6 Å². The van der Waals surface area contributed by atoms with Crippen LogP contribution < -0.4 is 0 Å². The summed E-state index contributed by atoms with van der Waals surface area (Å²) in [5.74, 6) is -0.965. The zero-order chi connectivity index (χ0) is 47.2. The van der Waals surface area contributed by atoms with Crippen LogP contribution in [0.2, 0.25) is 0 Å². The third-order valence-electron chi connectivity index (χ3n) is 11.8. The molecule has 374 valence electrons. The van der Waals surface area contributed by atoms with Crippen molar-refractivity contribution in [3.05, 3.63) is 72.9 Å². The molecule has 0 saturated heterocycles. The summed E-state index contributed by atoms with van der Waals surface area (Å²) in [5.41, 5.74) is 0. The number of ether oxygens (including phenoxy) is 3. The van der Waals surface area contributed by atoms with Gasteiger partial charge in [0.1, 0.15) is 13.2 Å². The van der Waals surface area contributed by atoms with Gasteiger partial charge in [-0.05, 0) is 70.6 Å². The molecule has 65 heavy (non-hydrogen) atoms. The molecule has 0 aromatic heterocycles. The molecule has 0 aliphatic rings. The molecule has 0 spiro atoms. The van der Waals surface area contributed by atoms with Gasteiger partial charge in [0.25, 0.3) is 0 Å². The molecule has 1 unspecified atom stereocenters. The highest BCUT2D eigenvalue weighted by Gasteiger charge is 2.19. The largest absolute Gasteiger partial charge is 0.462 e. The Kier molecular flexibility index (Phi) is 50.9. The molecule has 0 aromatic rings. The van der Waals surface area contributed by atoms with Gasteiger partial charge >= 0.3 is 17.9 Å². The highest BCUT2D eigenvalue weighted by atomic mass is 16.6. The molecule has 0 rings (SSSR count). The van der Waals surface area contributed by atoms with Gasteiger partial charge in [0.05, 0.1) is 0 Å². The first-order valence-corrected chi connectivity index (χ1v) is 27.5. The first kappa shape index (κ1) is 61.9. The molecule has 0 aliphatic heterocycles. The summed E-state index contributed by atoms with van der Waals surface area (Å²) in [6.07, 6.45) is 67.5. The molecule has 0 bridgehead atoms. The zero-order valence-corrected chi connectivity index (χ0v) is 42.7. The van der Waals surface area contributed by atoms with E-state index < -0.39 is 6.10 Å². The molecule has 0 saturated carbocycles. The first-order valence-electron chi connectivity index (χ1n) is 27.5. The molecule has 0 radical (unpaired) electrons. The molecule has 0 amide bonds. The van der Waals surface area contributed by atoms with Gasteiger partial charge in [0, 0.05) is 19.3 Å². The molecule has 0 N–H and O–H groups in total. The minimum atomic E-state index is -0.802. The second-order valence-corrected chi connectivity index (χ2v) is 18.2. The third kappa shape index (κ3) is 51.7. The highest BCUT2D eigenvalue weighted by Crippen LogP contribution is 2.16. The summed E-state index contributed by atoms with van der Waals surface area (Å²) < 4.78 is 16.8. The molecular formula is C59H102O6. The number of carbonyl (C=O) groups excluding carboxylic acids is 3. The number of rotatable bonds is 49. The minimum Gasteiger partial charge on any atom is -0.462 e. The van der Waals surface area contributed by atoms with Gasteiger partial charge in [0.15, 0.2) is 6.10 Å². The number of esters is 3. The Bertz CT molecular complexity index is 1230. The predicted molar refractivity (Wildman–Crippen MR) is 279 cm³/mol. The smallest absolute Gasteiger partial charge is 0.306 e. The van der Waals surface area contributed by atoms with Crippen LogP contribution in [0.5, 0.6) is 0 Å². The lowest BCUT2D eigenvalue weighted by atomic mass is 10.0. The van der Waals surface area contributed by atoms with Crippen LogP contribution in [0, 0.1) is 0 Å². The lowest BCUT2D eigenvalue weighted by Crippen LogP contribution is -2.30. The van der Waals surface area contributed by atoms with E-state index in [4.69, 9.17) is 14.2 Å². The van der Waals surface area contributed by atoms with Gasteiger partial charge in [-0.2, -0.15) is 0 Å². The Labute approximate surface area is 402 Å². The summed E-state index contributed by atoms with van der Waals surface area (Å²) in [6.45, 7) is 6.46. The van der Waals surface area contributed by atoms with Crippen molar-refractivity contribution in [1.82, 2.24) is 0 Å². The molecule has 6 nitrogen and oxygen atoms in total. The fourth-order valence-electron chi connectivity index (χ4n) is 7.64. The number of allylic oxidation sites excluding steroid dienone is 12. The van der Waals surface area contributed by atoms with Crippen LogP contribution in [-0.2, 0) is 28.6 Å². The van der Waals surface area contributed by atoms with Crippen molar-refractivity contribution in [3.8, 4) is 0 Å². The van der Waals surface area contributed by atoms with Gasteiger partial charge in [0.2, 0.25) is 0 Å². The first-order chi connectivity index (χ1) is 32.0. The average Bonchev–Trinajstić information content (AvgIpc) is 3.30.